The second-order valence-corrected chi connectivity index (χ2v) is 4.48. The van der Waals surface area contributed by atoms with Crippen molar-refractivity contribution in [2.75, 3.05) is 24.6 Å². The van der Waals surface area contributed by atoms with Gasteiger partial charge >= 0.3 is 5.97 Å². The van der Waals surface area contributed by atoms with Crippen LogP contribution >= 0.6 is 0 Å². The summed E-state index contributed by atoms with van der Waals surface area (Å²) < 4.78 is 5.59. The summed E-state index contributed by atoms with van der Waals surface area (Å²) in [5, 5.41) is 9.21. The van der Waals surface area contributed by atoms with Gasteiger partial charge in [-0.25, -0.2) is 9.78 Å². The van der Waals surface area contributed by atoms with E-state index < -0.39 is 5.97 Å². The van der Waals surface area contributed by atoms with Crippen molar-refractivity contribution in [1.29, 1.82) is 0 Å². The van der Waals surface area contributed by atoms with Gasteiger partial charge in [-0.2, -0.15) is 0 Å². The lowest BCUT2D eigenvalue weighted by Gasteiger charge is -2.34. The molecule has 0 amide bonds. The van der Waals surface area contributed by atoms with Crippen LogP contribution in [-0.4, -0.2) is 41.9 Å². The Labute approximate surface area is 106 Å². The minimum absolute atomic E-state index is 0.155. The van der Waals surface area contributed by atoms with E-state index >= 15 is 0 Å². The summed E-state index contributed by atoms with van der Waals surface area (Å²) in [5.74, 6) is -0.374. The molecule has 1 aliphatic heterocycles. The maximum atomic E-state index is 11.2. The number of aromatic nitrogens is 1. The van der Waals surface area contributed by atoms with Gasteiger partial charge in [0.2, 0.25) is 0 Å². The molecule has 1 unspecified atom stereocenters. The molecule has 0 bridgehead atoms. The normalized spacial score (nSPS) is 19.9. The van der Waals surface area contributed by atoms with Crippen LogP contribution < -0.4 is 4.90 Å². The molecule has 2 heterocycles. The number of carboxylic acids is 1. The highest BCUT2D eigenvalue weighted by Gasteiger charge is 2.24. The molecule has 0 aromatic carbocycles. The van der Waals surface area contributed by atoms with E-state index in [2.05, 4.69) is 11.9 Å². The van der Waals surface area contributed by atoms with Crippen LogP contribution in [-0.2, 0) is 4.74 Å². The van der Waals surface area contributed by atoms with E-state index in [1.54, 1.807) is 12.1 Å². The third-order valence-electron chi connectivity index (χ3n) is 3.14. The van der Waals surface area contributed by atoms with Crippen molar-refractivity contribution in [3.8, 4) is 0 Å². The molecule has 18 heavy (non-hydrogen) atoms. The predicted molar refractivity (Wildman–Crippen MR) is 68.2 cm³/mol. The van der Waals surface area contributed by atoms with Crippen LogP contribution in [0.15, 0.2) is 12.1 Å². The van der Waals surface area contributed by atoms with Gasteiger partial charge in [-0.1, -0.05) is 6.92 Å². The largest absolute Gasteiger partial charge is 0.478 e. The molecule has 0 saturated carbocycles. The van der Waals surface area contributed by atoms with Crippen LogP contribution in [0.2, 0.25) is 0 Å². The Morgan fingerprint density at radius 1 is 1.61 bits per heavy atom. The Bertz CT molecular complexity index is 448. The summed E-state index contributed by atoms with van der Waals surface area (Å²) >= 11 is 0. The standard InChI is InChI=1S/C13H18N2O3/c1-3-10-8-15(6-7-18-10)12-11(13(16)17)5-4-9(2)14-12/h4-5,10H,3,6-8H2,1-2H3,(H,16,17). The molecular formula is C13H18N2O3. The number of ether oxygens (including phenoxy) is 1. The monoisotopic (exact) mass is 250 g/mol. The van der Waals surface area contributed by atoms with Crippen molar-refractivity contribution in [3.63, 3.8) is 0 Å². The summed E-state index contributed by atoms with van der Waals surface area (Å²) in [6.45, 7) is 5.94. The second-order valence-electron chi connectivity index (χ2n) is 4.48. The van der Waals surface area contributed by atoms with Crippen LogP contribution in [0, 0.1) is 6.92 Å². The number of anilines is 1. The van der Waals surface area contributed by atoms with E-state index in [9.17, 15) is 9.90 Å². The SMILES string of the molecule is CCC1CN(c2nc(C)ccc2C(=O)O)CCO1. The van der Waals surface area contributed by atoms with E-state index in [0.29, 0.717) is 25.5 Å². The highest BCUT2D eigenvalue weighted by atomic mass is 16.5. The van der Waals surface area contributed by atoms with Crippen molar-refractivity contribution in [2.45, 2.75) is 26.4 Å². The Balaban J connectivity index is 2.31. The lowest BCUT2D eigenvalue weighted by molar-refractivity contribution is 0.0379. The number of carboxylic acid groups (broad SMARTS) is 1. The van der Waals surface area contributed by atoms with E-state index in [-0.39, 0.29) is 11.7 Å². The highest BCUT2D eigenvalue weighted by molar-refractivity contribution is 5.93. The van der Waals surface area contributed by atoms with Crippen LogP contribution in [0.4, 0.5) is 5.82 Å². The van der Waals surface area contributed by atoms with Crippen molar-refractivity contribution < 1.29 is 14.6 Å². The molecule has 1 aromatic rings. The molecule has 2 rings (SSSR count). The first-order valence-corrected chi connectivity index (χ1v) is 6.19. The molecule has 1 fully saturated rings. The molecule has 0 spiro atoms. The van der Waals surface area contributed by atoms with E-state index in [1.165, 1.54) is 0 Å². The molecule has 1 atom stereocenters. The molecule has 98 valence electrons. The number of aromatic carboxylic acids is 1. The lowest BCUT2D eigenvalue weighted by Crippen LogP contribution is -2.43. The van der Waals surface area contributed by atoms with Crippen LogP contribution in [0.5, 0.6) is 0 Å². The van der Waals surface area contributed by atoms with Gasteiger partial charge in [0.1, 0.15) is 11.4 Å². The molecular weight excluding hydrogens is 232 g/mol. The molecule has 0 radical (unpaired) electrons. The topological polar surface area (TPSA) is 62.7 Å². The smallest absolute Gasteiger partial charge is 0.339 e. The van der Waals surface area contributed by atoms with Crippen molar-refractivity contribution in [2.24, 2.45) is 0 Å². The summed E-state index contributed by atoms with van der Waals surface area (Å²) in [6, 6.07) is 3.35. The van der Waals surface area contributed by atoms with Gasteiger partial charge in [-0.05, 0) is 25.5 Å². The molecule has 1 saturated heterocycles. The minimum atomic E-state index is -0.933. The van der Waals surface area contributed by atoms with Gasteiger partial charge in [0.05, 0.1) is 12.7 Å². The number of carbonyl (C=O) groups is 1. The molecule has 5 heteroatoms. The van der Waals surface area contributed by atoms with Crippen molar-refractivity contribution in [1.82, 2.24) is 4.98 Å². The van der Waals surface area contributed by atoms with Gasteiger partial charge in [0.15, 0.2) is 0 Å². The van der Waals surface area contributed by atoms with Gasteiger partial charge in [0.25, 0.3) is 0 Å². The Morgan fingerprint density at radius 2 is 2.39 bits per heavy atom. The summed E-state index contributed by atoms with van der Waals surface area (Å²) in [7, 11) is 0. The average Bonchev–Trinajstić information content (AvgIpc) is 2.38. The zero-order valence-electron chi connectivity index (χ0n) is 10.7. The highest BCUT2D eigenvalue weighted by Crippen LogP contribution is 2.22. The fraction of sp³-hybridized carbons (Fsp3) is 0.538. The second kappa shape index (κ2) is 5.35. The van der Waals surface area contributed by atoms with Crippen LogP contribution in [0.1, 0.15) is 29.4 Å². The number of pyridine rings is 1. The average molecular weight is 250 g/mol. The third-order valence-corrected chi connectivity index (χ3v) is 3.14. The fourth-order valence-corrected chi connectivity index (χ4v) is 2.11. The van der Waals surface area contributed by atoms with Gasteiger partial charge in [-0.3, -0.25) is 0 Å². The zero-order chi connectivity index (χ0) is 13.1. The Hall–Kier alpha value is -1.62. The lowest BCUT2D eigenvalue weighted by atomic mass is 10.1. The number of nitrogens with zero attached hydrogens (tertiary/aromatic N) is 2. The molecule has 1 aliphatic rings. The molecule has 1 aromatic heterocycles. The Kier molecular flexibility index (Phi) is 3.81. The van der Waals surface area contributed by atoms with Gasteiger partial charge in [-0.15, -0.1) is 0 Å². The first-order chi connectivity index (χ1) is 8.61. The fourth-order valence-electron chi connectivity index (χ4n) is 2.11. The van der Waals surface area contributed by atoms with E-state index in [0.717, 1.165) is 12.1 Å². The van der Waals surface area contributed by atoms with Crippen molar-refractivity contribution in [3.05, 3.63) is 23.4 Å². The predicted octanol–water partition coefficient (Wildman–Crippen LogP) is 1.70. The third kappa shape index (κ3) is 2.61. The van der Waals surface area contributed by atoms with Crippen LogP contribution in [0.3, 0.4) is 0 Å². The molecule has 0 aliphatic carbocycles. The van der Waals surface area contributed by atoms with Gasteiger partial charge in [0, 0.05) is 18.8 Å². The maximum Gasteiger partial charge on any atom is 0.339 e. The first-order valence-electron chi connectivity index (χ1n) is 6.19. The number of morpholine rings is 1. The summed E-state index contributed by atoms with van der Waals surface area (Å²) in [5.41, 5.74) is 1.09. The van der Waals surface area contributed by atoms with Gasteiger partial charge < -0.3 is 14.7 Å². The quantitative estimate of drug-likeness (QED) is 0.884. The Morgan fingerprint density at radius 3 is 3.06 bits per heavy atom. The molecule has 1 N–H and O–H groups in total. The minimum Gasteiger partial charge on any atom is -0.478 e. The number of hydrogen-bond donors (Lipinski definition) is 1. The number of hydrogen-bond acceptors (Lipinski definition) is 4. The van der Waals surface area contributed by atoms with E-state index in [4.69, 9.17) is 4.74 Å². The van der Waals surface area contributed by atoms with E-state index in [1.807, 2.05) is 11.8 Å². The summed E-state index contributed by atoms with van der Waals surface area (Å²) in [6.07, 6.45) is 1.08. The maximum absolute atomic E-state index is 11.2. The number of aryl methyl sites for hydroxylation is 1. The summed E-state index contributed by atoms with van der Waals surface area (Å²) in [4.78, 5) is 17.6. The first kappa shape index (κ1) is 12.8. The van der Waals surface area contributed by atoms with Crippen molar-refractivity contribution >= 4 is 11.8 Å². The van der Waals surface area contributed by atoms with Crippen LogP contribution in [0.25, 0.3) is 0 Å². The zero-order valence-corrected chi connectivity index (χ0v) is 10.7. The number of rotatable bonds is 3. The molecule has 5 nitrogen and oxygen atoms in total.